The topological polar surface area (TPSA) is 186 Å². The molecule has 1 fully saturated rings. The van der Waals surface area contributed by atoms with Gasteiger partial charge in [0.1, 0.15) is 35.0 Å². The third-order valence-corrected chi connectivity index (χ3v) is 7.30. The summed E-state index contributed by atoms with van der Waals surface area (Å²) in [7, 11) is 1.43. The first-order chi connectivity index (χ1) is 18.5. The first-order valence-electron chi connectivity index (χ1n) is 11.7. The van der Waals surface area contributed by atoms with Crippen molar-refractivity contribution >= 4 is 64.1 Å². The van der Waals surface area contributed by atoms with Gasteiger partial charge in [-0.3, -0.25) is 24.1 Å². The quantitative estimate of drug-likeness (QED) is 0.0749. The summed E-state index contributed by atoms with van der Waals surface area (Å²) in [6, 6.07) is -1.01. The standard InChI is InChI=1S/C23H29N5O9S2/c1-23(2,3)37-14(30)6-5-7-36-27-15(13-10-39-22(25-13)24-11-29)18(31)26-16-19(32)28-17(21(33)34)12(8-35-4)9-38-20(16)28/h10-11,16,20H,5-9H2,1-4H3,(H,26,31)(H,33,34)(H,24,25,29)/t16?,20-/m0/s1. The van der Waals surface area contributed by atoms with Gasteiger partial charge in [0.15, 0.2) is 10.8 Å². The molecule has 39 heavy (non-hydrogen) atoms. The lowest BCUT2D eigenvalue weighted by molar-refractivity contribution is -0.155. The Morgan fingerprint density at radius 1 is 1.33 bits per heavy atom. The van der Waals surface area contributed by atoms with Crippen LogP contribution in [0.3, 0.4) is 0 Å². The number of ether oxygens (including phenoxy) is 2. The van der Waals surface area contributed by atoms with Gasteiger partial charge >= 0.3 is 11.9 Å². The van der Waals surface area contributed by atoms with Gasteiger partial charge in [-0.1, -0.05) is 5.16 Å². The zero-order chi connectivity index (χ0) is 28.7. The molecule has 14 nitrogen and oxygen atoms in total. The highest BCUT2D eigenvalue weighted by Gasteiger charge is 2.54. The van der Waals surface area contributed by atoms with Gasteiger partial charge in [0.25, 0.3) is 11.8 Å². The van der Waals surface area contributed by atoms with Crippen LogP contribution in [0, 0.1) is 0 Å². The van der Waals surface area contributed by atoms with Crippen molar-refractivity contribution in [1.82, 2.24) is 15.2 Å². The molecule has 0 bridgehead atoms. The van der Waals surface area contributed by atoms with Crippen LogP contribution in [0.4, 0.5) is 5.13 Å². The molecule has 3 N–H and O–H groups in total. The highest BCUT2D eigenvalue weighted by atomic mass is 32.2. The van der Waals surface area contributed by atoms with E-state index in [0.717, 1.165) is 16.2 Å². The van der Waals surface area contributed by atoms with Crippen LogP contribution in [-0.4, -0.2) is 94.0 Å². The Hall–Kier alpha value is -3.50. The van der Waals surface area contributed by atoms with Crippen molar-refractivity contribution in [3.05, 3.63) is 22.3 Å². The number of carbonyl (C=O) groups excluding carboxylic acids is 4. The number of carbonyl (C=O) groups is 5. The Morgan fingerprint density at radius 2 is 2.08 bits per heavy atom. The Kier molecular flexibility index (Phi) is 10.0. The molecule has 16 heteroatoms. The average molecular weight is 584 g/mol. The molecule has 2 aliphatic heterocycles. The zero-order valence-electron chi connectivity index (χ0n) is 21.7. The van der Waals surface area contributed by atoms with E-state index in [9.17, 15) is 29.1 Å². The van der Waals surface area contributed by atoms with Crippen LogP contribution in [0.25, 0.3) is 0 Å². The van der Waals surface area contributed by atoms with Crippen LogP contribution in [-0.2, 0) is 38.3 Å². The molecule has 1 unspecified atom stereocenters. The molecule has 0 spiro atoms. The number of anilines is 1. The molecule has 1 saturated heterocycles. The van der Waals surface area contributed by atoms with Crippen molar-refractivity contribution in [1.29, 1.82) is 0 Å². The molecular formula is C23H29N5O9S2. The molecule has 3 amide bonds. The Labute approximate surface area is 232 Å². The molecule has 1 aromatic heterocycles. The van der Waals surface area contributed by atoms with Gasteiger partial charge in [-0.15, -0.1) is 23.1 Å². The van der Waals surface area contributed by atoms with Gasteiger partial charge in [-0.05, 0) is 32.8 Å². The SMILES string of the molecule is COCC1=C(C(=O)O)N2C(=O)C(NC(=O)C(=NOCCCC(=O)OC(C)(C)C)c3csc(NC=O)n3)[C@@H]2SC1. The van der Waals surface area contributed by atoms with Crippen molar-refractivity contribution in [2.45, 2.75) is 50.6 Å². The molecule has 0 radical (unpaired) electrons. The smallest absolute Gasteiger partial charge is 0.352 e. The number of nitrogens with one attached hydrogen (secondary N) is 2. The lowest BCUT2D eigenvalue weighted by atomic mass is 10.0. The highest BCUT2D eigenvalue weighted by molar-refractivity contribution is 8.00. The Morgan fingerprint density at radius 3 is 2.72 bits per heavy atom. The van der Waals surface area contributed by atoms with E-state index in [1.165, 1.54) is 24.3 Å². The molecule has 3 rings (SSSR count). The highest BCUT2D eigenvalue weighted by Crippen LogP contribution is 2.40. The first kappa shape index (κ1) is 30.0. The number of β-lactam (4-membered cyclic amide) rings is 1. The van der Waals surface area contributed by atoms with Crippen molar-refractivity contribution < 1.29 is 43.4 Å². The summed E-state index contributed by atoms with van der Waals surface area (Å²) in [5.74, 6) is -2.73. The maximum Gasteiger partial charge on any atom is 0.352 e. The first-order valence-corrected chi connectivity index (χ1v) is 13.7. The van der Waals surface area contributed by atoms with Crippen LogP contribution >= 0.6 is 23.1 Å². The fourth-order valence-corrected chi connectivity index (χ4v) is 5.65. The van der Waals surface area contributed by atoms with E-state index >= 15 is 0 Å². The molecule has 3 heterocycles. The molecule has 212 valence electrons. The minimum Gasteiger partial charge on any atom is -0.477 e. The number of aromatic nitrogens is 1. The summed E-state index contributed by atoms with van der Waals surface area (Å²) in [5, 5.41) is 19.6. The minimum absolute atomic E-state index is 0.0107. The van der Waals surface area contributed by atoms with E-state index < -0.39 is 40.8 Å². The predicted molar refractivity (Wildman–Crippen MR) is 141 cm³/mol. The number of rotatable bonds is 13. The summed E-state index contributed by atoms with van der Waals surface area (Å²) >= 11 is 2.34. The van der Waals surface area contributed by atoms with Crippen molar-refractivity contribution in [2.24, 2.45) is 5.16 Å². The number of nitrogens with zero attached hydrogens (tertiary/aromatic N) is 3. The average Bonchev–Trinajstić information content (AvgIpc) is 3.31. The Bertz CT molecular complexity index is 1190. The molecule has 0 saturated carbocycles. The molecular weight excluding hydrogens is 554 g/mol. The van der Waals surface area contributed by atoms with Gasteiger partial charge < -0.3 is 30.1 Å². The third kappa shape index (κ3) is 7.54. The lowest BCUT2D eigenvalue weighted by Gasteiger charge is -2.49. The summed E-state index contributed by atoms with van der Waals surface area (Å²) in [4.78, 5) is 71.1. The molecule has 2 aliphatic rings. The number of methoxy groups -OCH3 is 1. The fourth-order valence-electron chi connectivity index (χ4n) is 3.67. The number of thioether (sulfide) groups is 1. The van der Waals surface area contributed by atoms with E-state index in [0.29, 0.717) is 17.7 Å². The summed E-state index contributed by atoms with van der Waals surface area (Å²) in [6.45, 7) is 5.32. The van der Waals surface area contributed by atoms with Crippen LogP contribution in [0.1, 0.15) is 39.3 Å². The summed E-state index contributed by atoms with van der Waals surface area (Å²) in [5.41, 5.74) is -0.478. The van der Waals surface area contributed by atoms with Gasteiger partial charge in [0.05, 0.1) is 6.61 Å². The summed E-state index contributed by atoms with van der Waals surface area (Å²) < 4.78 is 10.3. The largest absolute Gasteiger partial charge is 0.477 e. The second kappa shape index (κ2) is 13.0. The monoisotopic (exact) mass is 583 g/mol. The third-order valence-electron chi connectivity index (χ3n) is 5.19. The van der Waals surface area contributed by atoms with Gasteiger partial charge in [-0.25, -0.2) is 9.78 Å². The number of oxime groups is 1. The number of carboxylic acid groups (broad SMARTS) is 1. The van der Waals surface area contributed by atoms with E-state index in [2.05, 4.69) is 20.8 Å². The molecule has 1 aromatic rings. The van der Waals surface area contributed by atoms with Crippen molar-refractivity contribution in [3.63, 3.8) is 0 Å². The van der Waals surface area contributed by atoms with Gasteiger partial charge in [0.2, 0.25) is 6.41 Å². The van der Waals surface area contributed by atoms with E-state index in [4.69, 9.17) is 14.3 Å². The number of thiazole rings is 1. The van der Waals surface area contributed by atoms with Crippen molar-refractivity contribution in [3.8, 4) is 0 Å². The predicted octanol–water partition coefficient (Wildman–Crippen LogP) is 0.939. The number of fused-ring (bicyclic) bond motifs is 1. The summed E-state index contributed by atoms with van der Waals surface area (Å²) in [6.07, 6.45) is 0.777. The Balaban J connectivity index is 1.70. The van der Waals surface area contributed by atoms with E-state index in [1.807, 2.05) is 0 Å². The number of amides is 3. The lowest BCUT2D eigenvalue weighted by Crippen LogP contribution is -2.71. The number of hydrogen-bond acceptors (Lipinski definition) is 12. The van der Waals surface area contributed by atoms with Gasteiger partial charge in [0, 0.05) is 24.7 Å². The van der Waals surface area contributed by atoms with Crippen LogP contribution in [0.5, 0.6) is 0 Å². The van der Waals surface area contributed by atoms with Gasteiger partial charge in [-0.2, -0.15) is 0 Å². The van der Waals surface area contributed by atoms with Crippen LogP contribution in [0.15, 0.2) is 21.8 Å². The minimum atomic E-state index is -1.26. The number of esters is 1. The van der Waals surface area contributed by atoms with Crippen LogP contribution < -0.4 is 10.6 Å². The normalized spacial score (nSPS) is 19.1. The molecule has 0 aliphatic carbocycles. The number of carboxylic acids is 1. The second-order valence-corrected chi connectivity index (χ2v) is 11.3. The number of hydrogen-bond donors (Lipinski definition) is 3. The van der Waals surface area contributed by atoms with E-state index in [-0.39, 0.29) is 48.3 Å². The maximum absolute atomic E-state index is 13.2. The number of aliphatic carboxylic acids is 1. The molecule has 2 atom stereocenters. The molecule has 0 aromatic carbocycles. The van der Waals surface area contributed by atoms with E-state index in [1.54, 1.807) is 20.8 Å². The van der Waals surface area contributed by atoms with Crippen LogP contribution in [0.2, 0.25) is 0 Å². The second-order valence-electron chi connectivity index (χ2n) is 9.31. The fraction of sp³-hybridized carbons (Fsp3) is 0.522. The zero-order valence-corrected chi connectivity index (χ0v) is 23.3. The maximum atomic E-state index is 13.2. The van der Waals surface area contributed by atoms with Crippen molar-refractivity contribution in [2.75, 3.05) is 31.4 Å².